The minimum absolute atomic E-state index is 0.291. The van der Waals surface area contributed by atoms with Crippen LogP contribution in [0.5, 0.6) is 11.5 Å². The highest BCUT2D eigenvalue weighted by molar-refractivity contribution is 6.35. The van der Waals surface area contributed by atoms with Crippen LogP contribution in [0.4, 0.5) is 0 Å². The molecule has 0 aromatic heterocycles. The zero-order valence-corrected chi connectivity index (χ0v) is 19.1. The normalized spacial score (nSPS) is 12.9. The average Bonchev–Trinajstić information content (AvgIpc) is 2.56. The fourth-order valence-electron chi connectivity index (χ4n) is 2.81. The molecule has 1 aromatic carbocycles. The monoisotopic (exact) mass is 388 g/mol. The predicted molar refractivity (Wildman–Crippen MR) is 114 cm³/mol. The molecule has 0 unspecified atom stereocenters. The van der Waals surface area contributed by atoms with Gasteiger partial charge in [0, 0.05) is 17.0 Å². The van der Waals surface area contributed by atoms with Crippen molar-refractivity contribution in [3.05, 3.63) is 34.9 Å². The molecule has 0 bridgehead atoms. The van der Waals surface area contributed by atoms with Crippen LogP contribution in [0.1, 0.15) is 79.9 Å². The van der Waals surface area contributed by atoms with Crippen LogP contribution in [0, 0.1) is 5.92 Å². The molecule has 1 atom stereocenters. The fraction of sp³-hybridized carbons (Fsp3) is 0.583. The lowest BCUT2D eigenvalue weighted by Crippen LogP contribution is -2.29. The Balaban J connectivity index is 3.40. The average molecular weight is 389 g/mol. The van der Waals surface area contributed by atoms with E-state index in [1.54, 1.807) is 14.0 Å². The molecule has 0 radical (unpaired) electrons. The van der Waals surface area contributed by atoms with E-state index in [4.69, 9.17) is 9.47 Å². The summed E-state index contributed by atoms with van der Waals surface area (Å²) in [6.45, 7) is 18.0. The maximum Gasteiger partial charge on any atom is 0.380 e. The van der Waals surface area contributed by atoms with E-state index in [0.717, 1.165) is 16.7 Å². The van der Waals surface area contributed by atoms with Crippen molar-refractivity contribution in [1.29, 1.82) is 0 Å². The number of esters is 1. The van der Waals surface area contributed by atoms with Crippen LogP contribution in [-0.2, 0) is 20.4 Å². The van der Waals surface area contributed by atoms with Gasteiger partial charge in [-0.15, -0.1) is 0 Å². The first-order valence-electron chi connectivity index (χ1n) is 9.80. The van der Waals surface area contributed by atoms with Gasteiger partial charge in [0.15, 0.2) is 0 Å². The number of methoxy groups -OCH3 is 1. The Morgan fingerprint density at radius 2 is 1.46 bits per heavy atom. The summed E-state index contributed by atoms with van der Waals surface area (Å²) in [5.74, 6) is -0.563. The summed E-state index contributed by atoms with van der Waals surface area (Å²) in [6, 6.07) is 3.77. The Morgan fingerprint density at radius 1 is 1.00 bits per heavy atom. The van der Waals surface area contributed by atoms with Crippen LogP contribution in [0.15, 0.2) is 23.8 Å². The predicted octanol–water partition coefficient (Wildman–Crippen LogP) is 5.76. The molecular weight excluding hydrogens is 352 g/mol. The summed E-state index contributed by atoms with van der Waals surface area (Å²) >= 11 is 0. The molecule has 0 spiro atoms. The van der Waals surface area contributed by atoms with Crippen LogP contribution >= 0.6 is 0 Å². The van der Waals surface area contributed by atoms with Gasteiger partial charge in [0.25, 0.3) is 0 Å². The number of rotatable bonds is 6. The second-order valence-electron chi connectivity index (χ2n) is 9.72. The zero-order valence-electron chi connectivity index (χ0n) is 19.1. The second kappa shape index (κ2) is 8.93. The highest BCUT2D eigenvalue weighted by Crippen LogP contribution is 2.42. The molecule has 156 valence electrons. The number of hydrogen-bond donors (Lipinski definition) is 0. The zero-order chi connectivity index (χ0) is 21.9. The van der Waals surface area contributed by atoms with E-state index in [0.29, 0.717) is 17.9 Å². The summed E-state index contributed by atoms with van der Waals surface area (Å²) < 4.78 is 11.2. The summed E-state index contributed by atoms with van der Waals surface area (Å²) in [5, 5.41) is 0. The molecule has 0 amide bonds. The maximum absolute atomic E-state index is 12.7. The van der Waals surface area contributed by atoms with Crippen LogP contribution in [0.2, 0.25) is 0 Å². The number of carbonyl (C=O) groups is 2. The van der Waals surface area contributed by atoms with Crippen molar-refractivity contribution in [2.45, 2.75) is 79.6 Å². The van der Waals surface area contributed by atoms with E-state index in [-0.39, 0.29) is 10.8 Å². The van der Waals surface area contributed by atoms with Crippen LogP contribution in [0.3, 0.4) is 0 Å². The van der Waals surface area contributed by atoms with Crippen molar-refractivity contribution in [1.82, 2.24) is 0 Å². The first-order valence-corrected chi connectivity index (χ1v) is 9.80. The van der Waals surface area contributed by atoms with Gasteiger partial charge >= 0.3 is 5.97 Å². The van der Waals surface area contributed by atoms with Crippen LogP contribution in [-0.4, -0.2) is 18.9 Å². The Morgan fingerprint density at radius 3 is 1.82 bits per heavy atom. The number of carbonyl (C=O) groups excluding carboxylic acids is 2. The van der Waals surface area contributed by atoms with Gasteiger partial charge in [0.1, 0.15) is 11.5 Å². The number of Topliss-reactive ketones (excluding diaryl/α,β-unsaturated/α-hetero) is 1. The molecule has 1 rings (SSSR count). The van der Waals surface area contributed by atoms with Crippen molar-refractivity contribution in [3.8, 4) is 11.5 Å². The van der Waals surface area contributed by atoms with Gasteiger partial charge in [-0.2, -0.15) is 0 Å². The first-order chi connectivity index (χ1) is 12.7. The van der Waals surface area contributed by atoms with Gasteiger partial charge in [0.2, 0.25) is 5.78 Å². The third-order valence-corrected chi connectivity index (χ3v) is 4.64. The van der Waals surface area contributed by atoms with Gasteiger partial charge in [-0.05, 0) is 43.2 Å². The Kier molecular flexibility index (Phi) is 7.64. The standard InChI is InChI=1S/C24H36O4/c1-15(2)11-12-16(3)20(25)22(26)28-21-18(23(4,5)6)13-17(27-10)14-19(21)24(7,8)9/h11,13-14,16H,12H2,1-10H3/t16-/m0/s1. The van der Waals surface area contributed by atoms with Gasteiger partial charge in [-0.1, -0.05) is 60.1 Å². The lowest BCUT2D eigenvalue weighted by molar-refractivity contribution is -0.148. The summed E-state index contributed by atoms with van der Waals surface area (Å²) in [4.78, 5) is 25.3. The third kappa shape index (κ3) is 6.22. The molecule has 0 fully saturated rings. The van der Waals surface area contributed by atoms with Crippen molar-refractivity contribution < 1.29 is 19.1 Å². The van der Waals surface area contributed by atoms with E-state index in [1.807, 2.05) is 73.6 Å². The number of ether oxygens (including phenoxy) is 2. The third-order valence-electron chi connectivity index (χ3n) is 4.64. The number of allylic oxidation sites excluding steroid dienone is 2. The van der Waals surface area contributed by atoms with Crippen molar-refractivity contribution in [2.75, 3.05) is 7.11 Å². The Bertz CT molecular complexity index is 719. The molecular formula is C24H36O4. The molecule has 4 nitrogen and oxygen atoms in total. The smallest absolute Gasteiger partial charge is 0.380 e. The van der Waals surface area contributed by atoms with Crippen LogP contribution in [0.25, 0.3) is 0 Å². The van der Waals surface area contributed by atoms with E-state index >= 15 is 0 Å². The number of ketones is 1. The quantitative estimate of drug-likeness (QED) is 0.269. The number of benzene rings is 1. The molecule has 0 heterocycles. The van der Waals surface area contributed by atoms with Crippen molar-refractivity contribution in [2.24, 2.45) is 5.92 Å². The molecule has 0 saturated carbocycles. The minimum atomic E-state index is -0.809. The van der Waals surface area contributed by atoms with Gasteiger partial charge in [-0.25, -0.2) is 4.79 Å². The minimum Gasteiger partial charge on any atom is -0.497 e. The lowest BCUT2D eigenvalue weighted by Gasteiger charge is -2.29. The molecule has 0 aliphatic rings. The molecule has 1 aromatic rings. The molecule has 0 aliphatic heterocycles. The Labute approximate surface area is 170 Å². The fourth-order valence-corrected chi connectivity index (χ4v) is 2.81. The highest BCUT2D eigenvalue weighted by Gasteiger charge is 2.32. The van der Waals surface area contributed by atoms with Crippen molar-refractivity contribution in [3.63, 3.8) is 0 Å². The summed E-state index contributed by atoms with van der Waals surface area (Å²) in [7, 11) is 1.62. The van der Waals surface area contributed by atoms with Gasteiger partial charge in [0.05, 0.1) is 7.11 Å². The van der Waals surface area contributed by atoms with E-state index in [2.05, 4.69) is 0 Å². The molecule has 0 N–H and O–H groups in total. The van der Waals surface area contributed by atoms with E-state index in [1.165, 1.54) is 0 Å². The molecule has 28 heavy (non-hydrogen) atoms. The van der Waals surface area contributed by atoms with Crippen LogP contribution < -0.4 is 9.47 Å². The topological polar surface area (TPSA) is 52.6 Å². The molecule has 0 saturated heterocycles. The van der Waals surface area contributed by atoms with Crippen molar-refractivity contribution >= 4 is 11.8 Å². The van der Waals surface area contributed by atoms with E-state index in [9.17, 15) is 9.59 Å². The highest BCUT2D eigenvalue weighted by atomic mass is 16.5. The number of hydrogen-bond acceptors (Lipinski definition) is 4. The summed E-state index contributed by atoms with van der Waals surface area (Å²) in [5.41, 5.74) is 2.22. The Hall–Kier alpha value is -2.10. The first kappa shape index (κ1) is 23.9. The maximum atomic E-state index is 12.7. The van der Waals surface area contributed by atoms with E-state index < -0.39 is 17.7 Å². The largest absolute Gasteiger partial charge is 0.497 e. The SMILES string of the molecule is COc1cc(C(C)(C)C)c(OC(=O)C(=O)[C@@H](C)CC=C(C)C)c(C(C)(C)C)c1. The molecule has 0 aliphatic carbocycles. The molecule has 4 heteroatoms. The van der Waals surface area contributed by atoms with Gasteiger partial charge < -0.3 is 9.47 Å². The second-order valence-corrected chi connectivity index (χ2v) is 9.72. The lowest BCUT2D eigenvalue weighted by atomic mass is 9.79. The summed E-state index contributed by atoms with van der Waals surface area (Å²) in [6.07, 6.45) is 2.49. The van der Waals surface area contributed by atoms with Gasteiger partial charge in [-0.3, -0.25) is 4.79 Å².